The first-order chi connectivity index (χ1) is 12.3. The molecule has 0 saturated carbocycles. The summed E-state index contributed by atoms with van der Waals surface area (Å²) in [7, 11) is 1.67. The lowest BCUT2D eigenvalue weighted by Crippen LogP contribution is -2.39. The van der Waals surface area contributed by atoms with Crippen LogP contribution in [0, 0.1) is 0 Å². The highest BCUT2D eigenvalue weighted by Crippen LogP contribution is 2.27. The minimum atomic E-state index is 0.0817. The molecule has 3 heterocycles. The van der Waals surface area contributed by atoms with Crippen molar-refractivity contribution in [1.82, 2.24) is 24.8 Å². The average Bonchev–Trinajstić information content (AvgIpc) is 3.34. The largest absolute Gasteiger partial charge is 0.497 e. The predicted molar refractivity (Wildman–Crippen MR) is 93.1 cm³/mol. The SMILES string of the molecule is COc1cccc(-c2cnc([C@@H]3COCCN3Cc3ncc[nH]3)[nH]2)c1. The minimum absolute atomic E-state index is 0.0817. The molecule has 2 N–H and O–H groups in total. The summed E-state index contributed by atoms with van der Waals surface area (Å²) in [6, 6.07) is 8.02. The van der Waals surface area contributed by atoms with Gasteiger partial charge < -0.3 is 19.4 Å². The van der Waals surface area contributed by atoms with E-state index in [1.54, 1.807) is 13.3 Å². The Bertz CT molecular complexity index is 815. The fraction of sp³-hybridized carbons (Fsp3) is 0.333. The second-order valence-corrected chi connectivity index (χ2v) is 6.01. The van der Waals surface area contributed by atoms with E-state index < -0.39 is 0 Å². The van der Waals surface area contributed by atoms with Crippen LogP contribution in [0.3, 0.4) is 0 Å². The smallest absolute Gasteiger partial charge is 0.126 e. The van der Waals surface area contributed by atoms with Crippen molar-refractivity contribution in [2.45, 2.75) is 12.6 Å². The number of benzene rings is 1. The summed E-state index contributed by atoms with van der Waals surface area (Å²) in [6.07, 6.45) is 5.49. The lowest BCUT2D eigenvalue weighted by atomic mass is 10.1. The van der Waals surface area contributed by atoms with E-state index in [1.165, 1.54) is 0 Å². The standard InChI is InChI=1S/C18H21N5O2/c1-24-14-4-2-3-13(9-14)15-10-21-18(22-15)16-12-25-8-7-23(16)11-17-19-5-6-20-17/h2-6,9-10,16H,7-8,11-12H2,1H3,(H,19,20)(H,21,22)/t16-/m0/s1. The van der Waals surface area contributed by atoms with Gasteiger partial charge in [0.25, 0.3) is 0 Å². The maximum atomic E-state index is 5.69. The Hall–Kier alpha value is -2.64. The molecule has 0 spiro atoms. The van der Waals surface area contributed by atoms with Gasteiger partial charge in [0, 0.05) is 24.5 Å². The summed E-state index contributed by atoms with van der Waals surface area (Å²) in [5, 5.41) is 0. The third kappa shape index (κ3) is 3.42. The Morgan fingerprint density at radius 3 is 3.16 bits per heavy atom. The van der Waals surface area contributed by atoms with Crippen molar-refractivity contribution in [3.8, 4) is 17.0 Å². The van der Waals surface area contributed by atoms with E-state index in [1.807, 2.05) is 36.7 Å². The number of methoxy groups -OCH3 is 1. The van der Waals surface area contributed by atoms with Crippen LogP contribution in [0.25, 0.3) is 11.3 Å². The van der Waals surface area contributed by atoms with Crippen LogP contribution in [0.15, 0.2) is 42.9 Å². The number of aromatic amines is 2. The van der Waals surface area contributed by atoms with Gasteiger partial charge in [0.05, 0.1) is 44.8 Å². The molecule has 1 aliphatic rings. The Balaban J connectivity index is 1.56. The van der Waals surface area contributed by atoms with Crippen LogP contribution < -0.4 is 4.74 Å². The molecule has 0 amide bonds. The number of hydrogen-bond donors (Lipinski definition) is 2. The lowest BCUT2D eigenvalue weighted by Gasteiger charge is -2.33. The number of imidazole rings is 2. The van der Waals surface area contributed by atoms with E-state index >= 15 is 0 Å². The first kappa shape index (κ1) is 15.9. The van der Waals surface area contributed by atoms with Crippen LogP contribution in [0.1, 0.15) is 17.7 Å². The Morgan fingerprint density at radius 1 is 1.36 bits per heavy atom. The van der Waals surface area contributed by atoms with Gasteiger partial charge in [-0.05, 0) is 12.1 Å². The van der Waals surface area contributed by atoms with Gasteiger partial charge in [-0.15, -0.1) is 0 Å². The maximum Gasteiger partial charge on any atom is 0.126 e. The highest BCUT2D eigenvalue weighted by Gasteiger charge is 2.27. The number of aromatic nitrogens is 4. The average molecular weight is 339 g/mol. The van der Waals surface area contributed by atoms with Crippen molar-refractivity contribution in [2.75, 3.05) is 26.9 Å². The van der Waals surface area contributed by atoms with Crippen LogP contribution in [-0.4, -0.2) is 51.7 Å². The molecule has 3 aromatic rings. The molecule has 0 bridgehead atoms. The zero-order valence-corrected chi connectivity index (χ0v) is 14.1. The van der Waals surface area contributed by atoms with Crippen molar-refractivity contribution >= 4 is 0 Å². The number of ether oxygens (including phenoxy) is 2. The van der Waals surface area contributed by atoms with E-state index in [0.29, 0.717) is 6.61 Å². The zero-order valence-electron chi connectivity index (χ0n) is 14.1. The molecular weight excluding hydrogens is 318 g/mol. The first-order valence-corrected chi connectivity index (χ1v) is 8.33. The van der Waals surface area contributed by atoms with Gasteiger partial charge >= 0.3 is 0 Å². The number of rotatable bonds is 5. The highest BCUT2D eigenvalue weighted by molar-refractivity contribution is 5.60. The van der Waals surface area contributed by atoms with E-state index in [-0.39, 0.29) is 6.04 Å². The lowest BCUT2D eigenvalue weighted by molar-refractivity contribution is -0.0166. The topological polar surface area (TPSA) is 79.1 Å². The molecule has 0 radical (unpaired) electrons. The molecule has 1 atom stereocenters. The van der Waals surface area contributed by atoms with Crippen LogP contribution in [0.4, 0.5) is 0 Å². The Morgan fingerprint density at radius 2 is 2.32 bits per heavy atom. The molecule has 1 saturated heterocycles. The summed E-state index contributed by atoms with van der Waals surface area (Å²) in [5.74, 6) is 2.68. The molecule has 1 aliphatic heterocycles. The second-order valence-electron chi connectivity index (χ2n) is 6.01. The van der Waals surface area contributed by atoms with Gasteiger partial charge in [-0.1, -0.05) is 12.1 Å². The number of morpholine rings is 1. The fourth-order valence-electron chi connectivity index (χ4n) is 3.10. The third-order valence-corrected chi connectivity index (χ3v) is 4.44. The summed E-state index contributed by atoms with van der Waals surface area (Å²) in [6.45, 7) is 2.93. The van der Waals surface area contributed by atoms with Crippen molar-refractivity contribution in [2.24, 2.45) is 0 Å². The van der Waals surface area contributed by atoms with Gasteiger partial charge in [-0.3, -0.25) is 4.90 Å². The van der Waals surface area contributed by atoms with Crippen LogP contribution >= 0.6 is 0 Å². The molecular formula is C18H21N5O2. The molecule has 7 nitrogen and oxygen atoms in total. The molecule has 1 fully saturated rings. The quantitative estimate of drug-likeness (QED) is 0.746. The molecule has 1 aromatic carbocycles. The summed E-state index contributed by atoms with van der Waals surface area (Å²) >= 11 is 0. The normalized spacial score (nSPS) is 18.4. The first-order valence-electron chi connectivity index (χ1n) is 8.33. The Labute approximate surface area is 146 Å². The Kier molecular flexibility index (Phi) is 4.49. The van der Waals surface area contributed by atoms with Gasteiger partial charge in [-0.25, -0.2) is 9.97 Å². The number of nitrogens with one attached hydrogen (secondary N) is 2. The molecule has 0 unspecified atom stereocenters. The van der Waals surface area contributed by atoms with Crippen LogP contribution in [0.5, 0.6) is 5.75 Å². The van der Waals surface area contributed by atoms with Crippen molar-refractivity contribution < 1.29 is 9.47 Å². The molecule has 130 valence electrons. The fourth-order valence-corrected chi connectivity index (χ4v) is 3.10. The van der Waals surface area contributed by atoms with E-state index in [4.69, 9.17) is 9.47 Å². The summed E-state index contributed by atoms with van der Waals surface area (Å²) in [4.78, 5) is 17.9. The van der Waals surface area contributed by atoms with Gasteiger partial charge in [0.15, 0.2) is 0 Å². The number of H-pyrrole nitrogens is 2. The summed E-state index contributed by atoms with van der Waals surface area (Å²) < 4.78 is 11.0. The molecule has 4 rings (SSSR count). The van der Waals surface area contributed by atoms with Gasteiger partial charge in [0.2, 0.25) is 0 Å². The van der Waals surface area contributed by atoms with Crippen LogP contribution in [-0.2, 0) is 11.3 Å². The summed E-state index contributed by atoms with van der Waals surface area (Å²) in [5.41, 5.74) is 2.02. The van der Waals surface area contributed by atoms with E-state index in [9.17, 15) is 0 Å². The molecule has 25 heavy (non-hydrogen) atoms. The zero-order chi connectivity index (χ0) is 17.1. The van der Waals surface area contributed by atoms with Gasteiger partial charge in [0.1, 0.15) is 17.4 Å². The van der Waals surface area contributed by atoms with Crippen LogP contribution in [0.2, 0.25) is 0 Å². The minimum Gasteiger partial charge on any atom is -0.497 e. The van der Waals surface area contributed by atoms with E-state index in [2.05, 4.69) is 24.8 Å². The van der Waals surface area contributed by atoms with Crippen molar-refractivity contribution in [3.63, 3.8) is 0 Å². The molecule has 7 heteroatoms. The second kappa shape index (κ2) is 7.08. The number of nitrogens with zero attached hydrogens (tertiary/aromatic N) is 3. The number of hydrogen-bond acceptors (Lipinski definition) is 5. The maximum absolute atomic E-state index is 5.69. The van der Waals surface area contributed by atoms with Crippen molar-refractivity contribution in [1.29, 1.82) is 0 Å². The molecule has 2 aromatic heterocycles. The molecule has 0 aliphatic carbocycles. The highest BCUT2D eigenvalue weighted by atomic mass is 16.5. The van der Waals surface area contributed by atoms with Crippen molar-refractivity contribution in [3.05, 3.63) is 54.5 Å². The van der Waals surface area contributed by atoms with Gasteiger partial charge in [-0.2, -0.15) is 0 Å². The predicted octanol–water partition coefficient (Wildman–Crippen LogP) is 2.38. The van der Waals surface area contributed by atoms with E-state index in [0.717, 1.165) is 48.4 Å². The third-order valence-electron chi connectivity index (χ3n) is 4.44. The monoisotopic (exact) mass is 339 g/mol.